The predicted molar refractivity (Wildman–Crippen MR) is 85.1 cm³/mol. The summed E-state index contributed by atoms with van der Waals surface area (Å²) < 4.78 is 0. The lowest BCUT2D eigenvalue weighted by Gasteiger charge is -2.40. The molecule has 0 aliphatic heterocycles. The van der Waals surface area contributed by atoms with Crippen LogP contribution in [0, 0.1) is 12.3 Å². The summed E-state index contributed by atoms with van der Waals surface area (Å²) >= 11 is 6.22. The molecule has 112 valence electrons. The van der Waals surface area contributed by atoms with E-state index < -0.39 is 5.60 Å². The van der Waals surface area contributed by atoms with Crippen molar-refractivity contribution < 1.29 is 5.11 Å². The third-order valence-corrected chi connectivity index (χ3v) is 4.86. The summed E-state index contributed by atoms with van der Waals surface area (Å²) in [6, 6.07) is 6.11. The molecule has 0 amide bonds. The fraction of sp³-hybridized carbons (Fsp3) is 0.647. The van der Waals surface area contributed by atoms with Crippen molar-refractivity contribution in [3.05, 3.63) is 34.3 Å². The first-order valence-electron chi connectivity index (χ1n) is 7.48. The van der Waals surface area contributed by atoms with E-state index in [0.717, 1.165) is 36.3 Å². The smallest absolute Gasteiger partial charge is 0.0772 e. The topological polar surface area (TPSA) is 32.3 Å². The number of halogens is 1. The predicted octanol–water partition coefficient (Wildman–Crippen LogP) is 4.07. The molecule has 1 fully saturated rings. The second-order valence-corrected chi connectivity index (χ2v) is 7.49. The van der Waals surface area contributed by atoms with Crippen molar-refractivity contribution in [2.24, 2.45) is 5.41 Å². The fourth-order valence-electron chi connectivity index (χ4n) is 2.79. The molecule has 0 bridgehead atoms. The molecule has 0 aromatic heterocycles. The van der Waals surface area contributed by atoms with Gasteiger partial charge in [-0.2, -0.15) is 0 Å². The SMILES string of the molecule is Cc1ccc(CNCC2(O)CCC(C)(C)CC2)c(Cl)c1. The number of hydrogen-bond donors (Lipinski definition) is 2. The van der Waals surface area contributed by atoms with Crippen LogP contribution in [0.4, 0.5) is 0 Å². The zero-order valence-electron chi connectivity index (χ0n) is 12.8. The molecule has 1 aliphatic rings. The Balaban J connectivity index is 1.84. The third kappa shape index (κ3) is 4.21. The first-order chi connectivity index (χ1) is 9.30. The molecule has 2 nitrogen and oxygen atoms in total. The van der Waals surface area contributed by atoms with Crippen LogP contribution >= 0.6 is 11.6 Å². The van der Waals surface area contributed by atoms with Gasteiger partial charge in [-0.3, -0.25) is 0 Å². The monoisotopic (exact) mass is 295 g/mol. The standard InChI is InChI=1S/C17H26ClNO/c1-13-4-5-14(15(18)10-13)11-19-12-17(20)8-6-16(2,3)7-9-17/h4-5,10,19-20H,6-9,11-12H2,1-3H3. The van der Waals surface area contributed by atoms with Crippen LogP contribution < -0.4 is 5.32 Å². The van der Waals surface area contributed by atoms with Crippen molar-refractivity contribution in [2.45, 2.75) is 58.6 Å². The maximum absolute atomic E-state index is 10.6. The molecule has 0 unspecified atom stereocenters. The van der Waals surface area contributed by atoms with Crippen molar-refractivity contribution in [3.63, 3.8) is 0 Å². The quantitative estimate of drug-likeness (QED) is 0.877. The van der Waals surface area contributed by atoms with Crippen LogP contribution in [0.1, 0.15) is 50.7 Å². The normalized spacial score (nSPS) is 20.9. The largest absolute Gasteiger partial charge is 0.389 e. The summed E-state index contributed by atoms with van der Waals surface area (Å²) in [7, 11) is 0. The maximum Gasteiger partial charge on any atom is 0.0772 e. The zero-order chi connectivity index (χ0) is 14.8. The molecular formula is C17H26ClNO. The molecule has 0 heterocycles. The highest BCUT2D eigenvalue weighted by molar-refractivity contribution is 6.31. The molecule has 0 atom stereocenters. The van der Waals surface area contributed by atoms with E-state index >= 15 is 0 Å². The molecule has 0 saturated heterocycles. The second-order valence-electron chi connectivity index (χ2n) is 7.09. The van der Waals surface area contributed by atoms with E-state index in [0.29, 0.717) is 18.5 Å². The van der Waals surface area contributed by atoms with E-state index in [2.05, 4.69) is 31.3 Å². The number of nitrogens with one attached hydrogen (secondary N) is 1. The van der Waals surface area contributed by atoms with Crippen LogP contribution in [0.5, 0.6) is 0 Å². The summed E-state index contributed by atoms with van der Waals surface area (Å²) in [6.45, 7) is 7.96. The lowest BCUT2D eigenvalue weighted by molar-refractivity contribution is -0.0245. The van der Waals surface area contributed by atoms with Gasteiger partial charge in [0.15, 0.2) is 0 Å². The van der Waals surface area contributed by atoms with Gasteiger partial charge >= 0.3 is 0 Å². The van der Waals surface area contributed by atoms with Crippen molar-refractivity contribution in [1.82, 2.24) is 5.32 Å². The van der Waals surface area contributed by atoms with Crippen molar-refractivity contribution in [1.29, 1.82) is 0 Å². The van der Waals surface area contributed by atoms with Gasteiger partial charge in [-0.15, -0.1) is 0 Å². The lowest BCUT2D eigenvalue weighted by Crippen LogP contribution is -2.44. The van der Waals surface area contributed by atoms with E-state index in [1.807, 2.05) is 13.0 Å². The highest BCUT2D eigenvalue weighted by atomic mass is 35.5. The Morgan fingerprint density at radius 3 is 2.45 bits per heavy atom. The summed E-state index contributed by atoms with van der Waals surface area (Å²) in [5.74, 6) is 0. The number of aryl methyl sites for hydroxylation is 1. The zero-order valence-corrected chi connectivity index (χ0v) is 13.6. The van der Waals surface area contributed by atoms with Crippen molar-refractivity contribution >= 4 is 11.6 Å². The van der Waals surface area contributed by atoms with Gasteiger partial charge in [0.2, 0.25) is 0 Å². The van der Waals surface area contributed by atoms with Crippen LogP contribution in [-0.4, -0.2) is 17.3 Å². The van der Waals surface area contributed by atoms with Crippen LogP contribution in [0.25, 0.3) is 0 Å². The van der Waals surface area contributed by atoms with Gasteiger partial charge in [0.25, 0.3) is 0 Å². The van der Waals surface area contributed by atoms with Crippen LogP contribution in [0.2, 0.25) is 5.02 Å². The molecule has 1 aromatic carbocycles. The van der Waals surface area contributed by atoms with Gasteiger partial charge < -0.3 is 10.4 Å². The van der Waals surface area contributed by atoms with Gasteiger partial charge in [-0.05, 0) is 55.2 Å². The first kappa shape index (κ1) is 15.8. The number of aliphatic hydroxyl groups is 1. The number of hydrogen-bond acceptors (Lipinski definition) is 2. The molecule has 0 spiro atoms. The Morgan fingerprint density at radius 1 is 1.20 bits per heavy atom. The van der Waals surface area contributed by atoms with Gasteiger partial charge in [0, 0.05) is 18.1 Å². The highest BCUT2D eigenvalue weighted by Crippen LogP contribution is 2.39. The van der Waals surface area contributed by atoms with Crippen molar-refractivity contribution in [2.75, 3.05) is 6.54 Å². The Morgan fingerprint density at radius 2 is 1.85 bits per heavy atom. The molecule has 1 saturated carbocycles. The molecule has 20 heavy (non-hydrogen) atoms. The molecule has 0 radical (unpaired) electrons. The minimum Gasteiger partial charge on any atom is -0.389 e. The molecule has 3 heteroatoms. The minimum absolute atomic E-state index is 0.381. The van der Waals surface area contributed by atoms with E-state index in [9.17, 15) is 5.11 Å². The van der Waals surface area contributed by atoms with Gasteiger partial charge in [-0.25, -0.2) is 0 Å². The van der Waals surface area contributed by atoms with Gasteiger partial charge in [0.1, 0.15) is 0 Å². The Bertz CT molecular complexity index is 460. The average molecular weight is 296 g/mol. The maximum atomic E-state index is 10.6. The summed E-state index contributed by atoms with van der Waals surface area (Å²) in [4.78, 5) is 0. The summed E-state index contributed by atoms with van der Waals surface area (Å²) in [5, 5.41) is 14.8. The van der Waals surface area contributed by atoms with Crippen molar-refractivity contribution in [3.8, 4) is 0 Å². The van der Waals surface area contributed by atoms with Gasteiger partial charge in [-0.1, -0.05) is 37.6 Å². The van der Waals surface area contributed by atoms with E-state index in [4.69, 9.17) is 11.6 Å². The Hall–Kier alpha value is -0.570. The average Bonchev–Trinajstić information content (AvgIpc) is 2.37. The number of rotatable bonds is 4. The molecule has 2 rings (SSSR count). The highest BCUT2D eigenvalue weighted by Gasteiger charge is 2.36. The molecule has 2 N–H and O–H groups in total. The molecule has 1 aromatic rings. The van der Waals surface area contributed by atoms with E-state index in [-0.39, 0.29) is 0 Å². The Labute approximate surface area is 127 Å². The summed E-state index contributed by atoms with van der Waals surface area (Å²) in [5.41, 5.74) is 2.10. The van der Waals surface area contributed by atoms with Crippen LogP contribution in [0.3, 0.4) is 0 Å². The minimum atomic E-state index is -0.549. The second kappa shape index (κ2) is 6.05. The fourth-order valence-corrected chi connectivity index (χ4v) is 3.10. The lowest BCUT2D eigenvalue weighted by atomic mass is 9.71. The third-order valence-electron chi connectivity index (χ3n) is 4.51. The first-order valence-corrected chi connectivity index (χ1v) is 7.86. The van der Waals surface area contributed by atoms with E-state index in [1.54, 1.807) is 0 Å². The van der Waals surface area contributed by atoms with Gasteiger partial charge in [0.05, 0.1) is 5.60 Å². The molecule has 1 aliphatic carbocycles. The molecular weight excluding hydrogens is 270 g/mol. The number of benzene rings is 1. The van der Waals surface area contributed by atoms with Crippen LogP contribution in [-0.2, 0) is 6.54 Å². The summed E-state index contributed by atoms with van der Waals surface area (Å²) in [6.07, 6.45) is 3.95. The Kier molecular flexibility index (Phi) is 4.78. The van der Waals surface area contributed by atoms with E-state index in [1.165, 1.54) is 5.56 Å². The van der Waals surface area contributed by atoms with Crippen LogP contribution in [0.15, 0.2) is 18.2 Å².